The molecule has 0 saturated heterocycles. The molecule has 0 atom stereocenters. The van der Waals surface area contributed by atoms with Gasteiger partial charge in [-0.05, 0) is 24.3 Å². The first-order valence-corrected chi connectivity index (χ1v) is 7.75. The van der Waals surface area contributed by atoms with Crippen LogP contribution in [0, 0.1) is 16.7 Å². The molecule has 5 heteroatoms. The van der Waals surface area contributed by atoms with E-state index in [1.165, 1.54) is 24.5 Å². The minimum atomic E-state index is -0.126. The van der Waals surface area contributed by atoms with Crippen molar-refractivity contribution in [3.8, 4) is 11.8 Å². The average Bonchev–Trinajstić information content (AvgIpc) is 2.64. The number of nitriles is 1. The molecule has 126 valence electrons. The lowest BCUT2D eigenvalue weighted by atomic mass is 9.97. The molecular weight excluding hydrogens is 300 g/mol. The minimum Gasteiger partial charge on any atom is -0.507 e. The average molecular weight is 324 g/mol. The highest BCUT2D eigenvalue weighted by atomic mass is 16.3. The van der Waals surface area contributed by atoms with Crippen LogP contribution in [0.2, 0.25) is 0 Å². The van der Waals surface area contributed by atoms with Crippen molar-refractivity contribution < 1.29 is 5.11 Å². The maximum Gasteiger partial charge on any atom is 0.126 e. The van der Waals surface area contributed by atoms with Crippen LogP contribution >= 0.6 is 0 Å². The molecule has 5 nitrogen and oxygen atoms in total. The van der Waals surface area contributed by atoms with Crippen molar-refractivity contribution in [2.24, 2.45) is 5.73 Å². The first kappa shape index (κ1) is 20.9. The summed E-state index contributed by atoms with van der Waals surface area (Å²) in [5.74, 6) is -0.126. The molecule has 0 fully saturated rings. The Morgan fingerprint density at radius 1 is 1.17 bits per heavy atom. The van der Waals surface area contributed by atoms with Gasteiger partial charge in [0.2, 0.25) is 0 Å². The molecule has 0 amide bonds. The second-order valence-electron chi connectivity index (χ2n) is 4.17. The molecule has 2 rings (SSSR count). The summed E-state index contributed by atoms with van der Waals surface area (Å²) in [5, 5.41) is 26.9. The Labute approximate surface area is 143 Å². The Hall–Kier alpha value is -3.13. The third kappa shape index (κ3) is 4.96. The first-order chi connectivity index (χ1) is 11.5. The van der Waals surface area contributed by atoms with Gasteiger partial charge in [-0.15, -0.1) is 0 Å². The van der Waals surface area contributed by atoms with Gasteiger partial charge in [-0.2, -0.15) is 5.26 Å². The van der Waals surface area contributed by atoms with Crippen molar-refractivity contribution in [2.45, 2.75) is 27.7 Å². The third-order valence-corrected chi connectivity index (χ3v) is 2.83. The number of rotatable bonds is 3. The van der Waals surface area contributed by atoms with Crippen LogP contribution in [0.25, 0.3) is 5.70 Å². The number of nitrogens with one attached hydrogen (secondary N) is 1. The van der Waals surface area contributed by atoms with Gasteiger partial charge in [-0.1, -0.05) is 34.3 Å². The maximum absolute atomic E-state index is 9.92. The van der Waals surface area contributed by atoms with Crippen molar-refractivity contribution in [3.63, 3.8) is 0 Å². The molecule has 24 heavy (non-hydrogen) atoms. The number of phenols is 1. The number of phenolic OH excluding ortho intramolecular Hbond substituents is 1. The van der Waals surface area contributed by atoms with Crippen LogP contribution < -0.4 is 5.73 Å². The molecule has 0 saturated carbocycles. The van der Waals surface area contributed by atoms with Gasteiger partial charge in [0.15, 0.2) is 0 Å². The van der Waals surface area contributed by atoms with Crippen LogP contribution in [-0.4, -0.2) is 15.8 Å². The molecule has 0 aliphatic carbocycles. The third-order valence-electron chi connectivity index (χ3n) is 2.83. The zero-order valence-corrected chi connectivity index (χ0v) is 14.6. The summed E-state index contributed by atoms with van der Waals surface area (Å²) in [5.41, 5.74) is 7.78. The molecule has 1 aromatic heterocycles. The van der Waals surface area contributed by atoms with Gasteiger partial charge < -0.3 is 10.8 Å². The normalized spacial score (nSPS) is 8.62. The summed E-state index contributed by atoms with van der Waals surface area (Å²) in [6.07, 6.45) is 3.06. The van der Waals surface area contributed by atoms with Gasteiger partial charge in [0.25, 0.3) is 0 Å². The summed E-state index contributed by atoms with van der Waals surface area (Å²) >= 11 is 0. The van der Waals surface area contributed by atoms with Crippen LogP contribution in [-0.2, 0) is 0 Å². The Morgan fingerprint density at radius 3 is 2.29 bits per heavy atom. The molecule has 0 aliphatic heterocycles. The number of aromatic nitrogens is 1. The smallest absolute Gasteiger partial charge is 0.126 e. The second-order valence-corrected chi connectivity index (χ2v) is 4.17. The van der Waals surface area contributed by atoms with E-state index < -0.39 is 0 Å². The largest absolute Gasteiger partial charge is 0.507 e. The number of nitrogens with zero attached hydrogens (tertiary/aromatic N) is 2. The quantitative estimate of drug-likeness (QED) is 0.740. The van der Waals surface area contributed by atoms with Crippen molar-refractivity contribution in [2.75, 3.05) is 0 Å². The maximum atomic E-state index is 9.92. The van der Waals surface area contributed by atoms with E-state index in [-0.39, 0.29) is 11.5 Å². The van der Waals surface area contributed by atoms with Crippen LogP contribution in [0.4, 0.5) is 0 Å². The minimum absolute atomic E-state index is 0.0935. The monoisotopic (exact) mass is 324 g/mol. The van der Waals surface area contributed by atoms with E-state index in [0.717, 1.165) is 0 Å². The van der Waals surface area contributed by atoms with Gasteiger partial charge in [-0.3, -0.25) is 10.4 Å². The number of benzene rings is 1. The first-order valence-electron chi connectivity index (χ1n) is 7.75. The van der Waals surface area contributed by atoms with E-state index in [9.17, 15) is 5.11 Å². The SMILES string of the molecule is C=C(N)c1cnccc1C(=N)c1ccc(C#N)cc1O.CC.CC. The van der Waals surface area contributed by atoms with E-state index in [1.54, 1.807) is 12.1 Å². The van der Waals surface area contributed by atoms with Crippen molar-refractivity contribution >= 4 is 11.4 Å². The number of nitrogens with two attached hydrogens (primary N) is 1. The fourth-order valence-electron chi connectivity index (χ4n) is 1.83. The molecular formula is C19H24N4O. The molecule has 1 aromatic carbocycles. The molecule has 0 spiro atoms. The fourth-order valence-corrected chi connectivity index (χ4v) is 1.83. The van der Waals surface area contributed by atoms with E-state index in [0.29, 0.717) is 28.0 Å². The lowest BCUT2D eigenvalue weighted by Crippen LogP contribution is -2.08. The van der Waals surface area contributed by atoms with E-state index >= 15 is 0 Å². The number of hydrogen-bond donors (Lipinski definition) is 3. The predicted octanol–water partition coefficient (Wildman–Crippen LogP) is 4.06. The van der Waals surface area contributed by atoms with E-state index in [1.807, 2.05) is 33.8 Å². The second kappa shape index (κ2) is 10.6. The van der Waals surface area contributed by atoms with Crippen LogP contribution in [0.1, 0.15) is 49.9 Å². The fraction of sp³-hybridized carbons (Fsp3) is 0.211. The van der Waals surface area contributed by atoms with Crippen molar-refractivity contribution in [1.82, 2.24) is 4.98 Å². The highest BCUT2D eigenvalue weighted by Gasteiger charge is 2.14. The number of aromatic hydroxyl groups is 1. The molecule has 1 heterocycles. The van der Waals surface area contributed by atoms with Crippen molar-refractivity contribution in [3.05, 3.63) is 65.5 Å². The van der Waals surface area contributed by atoms with E-state index in [4.69, 9.17) is 16.4 Å². The number of hydrogen-bond acceptors (Lipinski definition) is 5. The zero-order chi connectivity index (χ0) is 18.7. The highest BCUT2D eigenvalue weighted by Crippen LogP contribution is 2.24. The summed E-state index contributed by atoms with van der Waals surface area (Å²) < 4.78 is 0. The standard InChI is InChI=1S/C15H12N4O.2C2H6/c1-9(17)13-8-19-5-4-11(13)15(18)12-3-2-10(7-16)6-14(12)20;2*1-2/h2-6,8,18,20H,1,17H2;2*1-2H3. The molecule has 0 aliphatic rings. The highest BCUT2D eigenvalue weighted by molar-refractivity contribution is 6.14. The van der Waals surface area contributed by atoms with Crippen molar-refractivity contribution in [1.29, 1.82) is 10.7 Å². The van der Waals surface area contributed by atoms with Gasteiger partial charge >= 0.3 is 0 Å². The summed E-state index contributed by atoms with van der Waals surface area (Å²) in [7, 11) is 0. The number of pyridine rings is 1. The van der Waals surface area contributed by atoms with Gasteiger partial charge in [0.05, 0.1) is 17.3 Å². The van der Waals surface area contributed by atoms with Gasteiger partial charge in [0.1, 0.15) is 5.75 Å². The molecule has 0 radical (unpaired) electrons. The summed E-state index contributed by atoms with van der Waals surface area (Å²) in [4.78, 5) is 3.95. The summed E-state index contributed by atoms with van der Waals surface area (Å²) in [6.45, 7) is 11.6. The summed E-state index contributed by atoms with van der Waals surface area (Å²) in [6, 6.07) is 7.95. The lowest BCUT2D eigenvalue weighted by Gasteiger charge is -2.11. The lowest BCUT2D eigenvalue weighted by molar-refractivity contribution is 0.474. The topological polar surface area (TPSA) is 107 Å². The predicted molar refractivity (Wildman–Crippen MR) is 98.9 cm³/mol. The van der Waals surface area contributed by atoms with Crippen LogP contribution in [0.15, 0.2) is 43.2 Å². The van der Waals surface area contributed by atoms with Crippen LogP contribution in [0.3, 0.4) is 0 Å². The van der Waals surface area contributed by atoms with Gasteiger partial charge in [-0.25, -0.2) is 0 Å². The molecule has 0 bridgehead atoms. The Morgan fingerprint density at radius 2 is 1.79 bits per heavy atom. The Balaban J connectivity index is 0.00000123. The van der Waals surface area contributed by atoms with E-state index in [2.05, 4.69) is 11.6 Å². The molecule has 2 aromatic rings. The van der Waals surface area contributed by atoms with Crippen LogP contribution in [0.5, 0.6) is 5.75 Å². The molecule has 4 N–H and O–H groups in total. The Kier molecular flexibility index (Phi) is 9.19. The zero-order valence-electron chi connectivity index (χ0n) is 14.6. The molecule has 0 unspecified atom stereocenters. The Bertz CT molecular complexity index is 745. The van der Waals surface area contributed by atoms with Gasteiger partial charge in [0, 0.05) is 34.8 Å².